The number of para-hydroxylation sites is 1. The molecule has 0 saturated heterocycles. The van der Waals surface area contributed by atoms with Crippen LogP contribution in [0.25, 0.3) is 10.9 Å². The topological polar surface area (TPSA) is 96.7 Å². The van der Waals surface area contributed by atoms with Gasteiger partial charge in [-0.15, -0.1) is 0 Å². The molecule has 0 unspecified atom stereocenters. The Morgan fingerprint density at radius 2 is 2.00 bits per heavy atom. The van der Waals surface area contributed by atoms with Crippen LogP contribution in [0.4, 0.5) is 0 Å². The molecule has 6 nitrogen and oxygen atoms in total. The van der Waals surface area contributed by atoms with E-state index in [0.29, 0.717) is 15.9 Å². The minimum absolute atomic E-state index is 0.246. The van der Waals surface area contributed by atoms with Crippen molar-refractivity contribution in [3.63, 3.8) is 0 Å². The molecule has 0 aliphatic heterocycles. The van der Waals surface area contributed by atoms with Gasteiger partial charge in [-0.1, -0.05) is 17.7 Å². The second kappa shape index (κ2) is 5.75. The highest BCUT2D eigenvalue weighted by Crippen LogP contribution is 2.30. The molecule has 2 N–H and O–H groups in total. The van der Waals surface area contributed by atoms with Crippen LogP contribution >= 0.6 is 11.6 Å². The number of benzene rings is 1. The number of hydrogen-bond donors (Lipinski definition) is 2. The summed E-state index contributed by atoms with van der Waals surface area (Å²) in [5.74, 6) is -1.93. The molecule has 20 heavy (non-hydrogen) atoms. The average molecular weight is 296 g/mol. The van der Waals surface area contributed by atoms with Crippen LogP contribution < -0.4 is 4.74 Å². The first-order valence-corrected chi connectivity index (χ1v) is 5.99. The predicted octanol–water partition coefficient (Wildman–Crippen LogP) is 1.98. The van der Waals surface area contributed by atoms with Gasteiger partial charge in [-0.05, 0) is 12.1 Å². The molecule has 0 bridgehead atoms. The fourth-order valence-electron chi connectivity index (χ4n) is 1.74. The van der Waals surface area contributed by atoms with E-state index in [1.807, 2.05) is 0 Å². The maximum atomic E-state index is 10.8. The molecule has 2 aromatic rings. The zero-order valence-electron chi connectivity index (χ0n) is 10.2. The Balaban J connectivity index is 2.53. The van der Waals surface area contributed by atoms with Crippen LogP contribution in [0.15, 0.2) is 24.3 Å². The van der Waals surface area contributed by atoms with Gasteiger partial charge in [0.2, 0.25) is 0 Å². The summed E-state index contributed by atoms with van der Waals surface area (Å²) in [6, 6.07) is 6.38. The lowest BCUT2D eigenvalue weighted by Gasteiger charge is -2.10. The van der Waals surface area contributed by atoms with E-state index in [1.165, 1.54) is 6.07 Å². The van der Waals surface area contributed by atoms with E-state index >= 15 is 0 Å². The second-order valence-corrected chi connectivity index (χ2v) is 4.41. The molecule has 2 rings (SSSR count). The molecule has 0 aliphatic carbocycles. The van der Waals surface area contributed by atoms with Crippen molar-refractivity contribution in [2.75, 3.05) is 6.61 Å². The molecule has 7 heteroatoms. The minimum Gasteiger partial charge on any atom is -0.481 e. The van der Waals surface area contributed by atoms with E-state index < -0.39 is 18.5 Å². The van der Waals surface area contributed by atoms with Gasteiger partial charge < -0.3 is 14.9 Å². The lowest BCUT2D eigenvalue weighted by atomic mass is 10.1. The normalized spacial score (nSPS) is 10.4. The van der Waals surface area contributed by atoms with E-state index in [9.17, 15) is 9.59 Å². The van der Waals surface area contributed by atoms with Gasteiger partial charge in [-0.3, -0.25) is 9.78 Å². The summed E-state index contributed by atoms with van der Waals surface area (Å²) in [6.07, 6.45) is -0.301. The van der Waals surface area contributed by atoms with Crippen LogP contribution in [0.2, 0.25) is 5.02 Å². The van der Waals surface area contributed by atoms with Crippen molar-refractivity contribution < 1.29 is 24.5 Å². The molecular formula is C13H10ClNO5. The number of aromatic nitrogens is 1. The van der Waals surface area contributed by atoms with Gasteiger partial charge in [0.25, 0.3) is 0 Å². The van der Waals surface area contributed by atoms with Crippen molar-refractivity contribution in [3.8, 4) is 5.75 Å². The van der Waals surface area contributed by atoms with Gasteiger partial charge in [0.15, 0.2) is 6.61 Å². The number of rotatable bonds is 5. The molecular weight excluding hydrogens is 286 g/mol. The smallest absolute Gasteiger partial charge is 0.341 e. The largest absolute Gasteiger partial charge is 0.481 e. The Bertz CT molecular complexity index is 686. The molecule has 104 valence electrons. The van der Waals surface area contributed by atoms with E-state index in [-0.39, 0.29) is 17.9 Å². The minimum atomic E-state index is -1.13. The van der Waals surface area contributed by atoms with E-state index in [2.05, 4.69) is 4.98 Å². The summed E-state index contributed by atoms with van der Waals surface area (Å²) in [5.41, 5.74) is 0.631. The third-order valence-corrected chi connectivity index (χ3v) is 2.79. The molecule has 0 atom stereocenters. The summed E-state index contributed by atoms with van der Waals surface area (Å²) < 4.78 is 5.17. The zero-order valence-corrected chi connectivity index (χ0v) is 10.9. The molecule has 0 fully saturated rings. The molecule has 0 amide bonds. The SMILES string of the molecule is O=C(O)COc1cc(CC(=O)O)nc2c(Cl)cccc12. The Labute approximate surface area is 118 Å². The van der Waals surface area contributed by atoms with Crippen molar-refractivity contribution in [2.45, 2.75) is 6.42 Å². The third kappa shape index (κ3) is 3.16. The highest BCUT2D eigenvalue weighted by Gasteiger charge is 2.12. The van der Waals surface area contributed by atoms with Crippen LogP contribution in [0.1, 0.15) is 5.69 Å². The second-order valence-electron chi connectivity index (χ2n) is 4.00. The zero-order chi connectivity index (χ0) is 14.7. The van der Waals surface area contributed by atoms with Gasteiger partial charge in [0, 0.05) is 11.5 Å². The quantitative estimate of drug-likeness (QED) is 0.875. The van der Waals surface area contributed by atoms with Crippen LogP contribution in [-0.2, 0) is 16.0 Å². The lowest BCUT2D eigenvalue weighted by Crippen LogP contribution is -2.11. The van der Waals surface area contributed by atoms with Crippen LogP contribution in [0.3, 0.4) is 0 Å². The van der Waals surface area contributed by atoms with Crippen LogP contribution in [0, 0.1) is 0 Å². The number of carboxylic acids is 2. The number of pyridine rings is 1. The Morgan fingerprint density at radius 3 is 2.65 bits per heavy atom. The van der Waals surface area contributed by atoms with Crippen molar-refractivity contribution in [1.29, 1.82) is 0 Å². The number of carbonyl (C=O) groups is 2. The number of hydrogen-bond acceptors (Lipinski definition) is 4. The summed E-state index contributed by atoms with van der Waals surface area (Å²) in [4.78, 5) is 25.5. The van der Waals surface area contributed by atoms with E-state index in [4.69, 9.17) is 26.6 Å². The van der Waals surface area contributed by atoms with Crippen LogP contribution in [0.5, 0.6) is 5.75 Å². The number of nitrogens with zero attached hydrogens (tertiary/aromatic N) is 1. The number of aliphatic carboxylic acids is 2. The lowest BCUT2D eigenvalue weighted by molar-refractivity contribution is -0.139. The fourth-order valence-corrected chi connectivity index (χ4v) is 1.95. The highest BCUT2D eigenvalue weighted by atomic mass is 35.5. The van der Waals surface area contributed by atoms with Crippen LogP contribution in [-0.4, -0.2) is 33.7 Å². The number of fused-ring (bicyclic) bond motifs is 1. The summed E-state index contributed by atoms with van der Waals surface area (Å²) >= 11 is 6.02. The highest BCUT2D eigenvalue weighted by molar-refractivity contribution is 6.35. The maximum Gasteiger partial charge on any atom is 0.341 e. The first-order chi connectivity index (χ1) is 9.47. The summed E-state index contributed by atoms with van der Waals surface area (Å²) in [5, 5.41) is 18.3. The fraction of sp³-hybridized carbons (Fsp3) is 0.154. The summed E-state index contributed by atoms with van der Waals surface area (Å²) in [7, 11) is 0. The van der Waals surface area contributed by atoms with Gasteiger partial charge in [-0.25, -0.2) is 4.79 Å². The van der Waals surface area contributed by atoms with Gasteiger partial charge >= 0.3 is 11.9 Å². The van der Waals surface area contributed by atoms with E-state index in [0.717, 1.165) is 0 Å². The molecule has 0 aliphatic rings. The summed E-state index contributed by atoms with van der Waals surface area (Å²) in [6.45, 7) is -0.530. The van der Waals surface area contributed by atoms with Gasteiger partial charge in [0.1, 0.15) is 5.75 Å². The van der Waals surface area contributed by atoms with Crippen molar-refractivity contribution in [2.24, 2.45) is 0 Å². The molecule has 0 saturated carbocycles. The monoisotopic (exact) mass is 295 g/mol. The third-order valence-electron chi connectivity index (χ3n) is 2.49. The molecule has 1 aromatic carbocycles. The van der Waals surface area contributed by atoms with Crippen molar-refractivity contribution in [1.82, 2.24) is 4.98 Å². The molecule has 1 heterocycles. The molecule has 0 radical (unpaired) electrons. The first-order valence-electron chi connectivity index (χ1n) is 5.62. The van der Waals surface area contributed by atoms with Gasteiger partial charge in [-0.2, -0.15) is 0 Å². The Kier molecular flexibility index (Phi) is 4.05. The van der Waals surface area contributed by atoms with Crippen molar-refractivity contribution >= 4 is 34.4 Å². The average Bonchev–Trinajstić information content (AvgIpc) is 2.36. The van der Waals surface area contributed by atoms with E-state index in [1.54, 1.807) is 18.2 Å². The standard InChI is InChI=1S/C13H10ClNO5/c14-9-3-1-2-8-10(20-6-12(18)19)4-7(5-11(16)17)15-13(8)9/h1-4H,5-6H2,(H,16,17)(H,18,19). The molecule has 1 aromatic heterocycles. The number of ether oxygens (including phenoxy) is 1. The predicted molar refractivity (Wildman–Crippen MR) is 71.2 cm³/mol. The molecule has 0 spiro atoms. The first kappa shape index (κ1) is 14.1. The Hall–Kier alpha value is -2.34. The number of halogens is 1. The van der Waals surface area contributed by atoms with Gasteiger partial charge in [0.05, 0.1) is 22.7 Å². The maximum absolute atomic E-state index is 10.8. The number of carboxylic acid groups (broad SMARTS) is 2. The van der Waals surface area contributed by atoms with Crippen molar-refractivity contribution in [3.05, 3.63) is 35.0 Å². The Morgan fingerprint density at radius 1 is 1.25 bits per heavy atom.